The Morgan fingerprint density at radius 1 is 0.683 bits per heavy atom. The van der Waals surface area contributed by atoms with Crippen molar-refractivity contribution in [3.63, 3.8) is 0 Å². The summed E-state index contributed by atoms with van der Waals surface area (Å²) in [7, 11) is -1.23. The van der Waals surface area contributed by atoms with Gasteiger partial charge in [-0.05, 0) is 80.4 Å². The monoisotopic (exact) mass is 978 g/mol. The minimum absolute atomic E-state index is 0. The van der Waals surface area contributed by atoms with Crippen LogP contribution in [-0.2, 0) is 25.5 Å². The summed E-state index contributed by atoms with van der Waals surface area (Å²) < 4.78 is 9.17. The van der Waals surface area contributed by atoms with Gasteiger partial charge in [0.25, 0.3) is 0 Å². The van der Waals surface area contributed by atoms with Gasteiger partial charge in [-0.3, -0.25) is 4.98 Å². The molecular weight excluding hydrogens is 927 g/mol. The van der Waals surface area contributed by atoms with Crippen LogP contribution in [0.4, 0.5) is 0 Å². The van der Waals surface area contributed by atoms with Crippen LogP contribution in [0.2, 0.25) is 19.6 Å². The summed E-state index contributed by atoms with van der Waals surface area (Å²) >= 11 is 0. The molecule has 0 aliphatic heterocycles. The van der Waals surface area contributed by atoms with E-state index in [2.05, 4.69) is 180 Å². The predicted octanol–water partition coefficient (Wildman–Crippen LogP) is 14.0. The standard InChI is InChI=1S/C40H35N2O.C14H16NSi.Ir/c1-23(2)25-14-11-15-26(24(3)4)37(25)42-35-20-10-9-19-34(35)41-39(42)29-17-12-16-28-31-21-30-27-13-7-8-18-32(27)40(5,6)33(30)22-36(31)43-38(28)29;1-16(2,3)13-9-10-14(15-11-13)12-7-5-4-6-8-12;/h7-16,18-24H,1-6H3;4-7,9-11H,1-3H3;/q2*-1;. The summed E-state index contributed by atoms with van der Waals surface area (Å²) in [6.07, 6.45) is 2.02. The van der Waals surface area contributed by atoms with Gasteiger partial charge in [0.15, 0.2) is 0 Å². The minimum atomic E-state index is -1.23. The summed E-state index contributed by atoms with van der Waals surface area (Å²) in [6, 6.07) is 51.7. The Morgan fingerprint density at radius 3 is 2.08 bits per heavy atom. The molecule has 0 amide bonds. The molecule has 0 fully saturated rings. The maximum absolute atomic E-state index is 6.81. The largest absolute Gasteiger partial charge is 0.501 e. The zero-order valence-electron chi connectivity index (χ0n) is 35.9. The molecule has 3 aromatic heterocycles. The van der Waals surface area contributed by atoms with Gasteiger partial charge in [-0.1, -0.05) is 139 Å². The molecule has 1 radical (unpaired) electrons. The summed E-state index contributed by atoms with van der Waals surface area (Å²) in [5.74, 6) is 1.56. The van der Waals surface area contributed by atoms with Gasteiger partial charge in [-0.25, -0.2) is 0 Å². The van der Waals surface area contributed by atoms with Gasteiger partial charge in [-0.2, -0.15) is 0 Å². The van der Waals surface area contributed by atoms with E-state index in [-0.39, 0.29) is 25.5 Å². The maximum Gasteiger partial charge on any atom is 0.121 e. The van der Waals surface area contributed by atoms with E-state index in [0.717, 1.165) is 55.6 Å². The molecule has 4 nitrogen and oxygen atoms in total. The van der Waals surface area contributed by atoms with Crippen molar-refractivity contribution in [1.82, 2.24) is 14.5 Å². The number of furan rings is 1. The molecule has 6 aromatic carbocycles. The summed E-state index contributed by atoms with van der Waals surface area (Å²) in [5.41, 5.74) is 15.8. The van der Waals surface area contributed by atoms with Crippen LogP contribution in [-0.4, -0.2) is 22.6 Å². The van der Waals surface area contributed by atoms with Crippen LogP contribution in [0.1, 0.15) is 75.6 Å². The normalized spacial score (nSPS) is 13.1. The zero-order valence-corrected chi connectivity index (χ0v) is 39.3. The van der Waals surface area contributed by atoms with E-state index < -0.39 is 8.07 Å². The molecule has 0 spiro atoms. The Balaban J connectivity index is 0.000000248. The molecule has 1 aliphatic carbocycles. The van der Waals surface area contributed by atoms with Crippen molar-refractivity contribution in [1.29, 1.82) is 0 Å². The Kier molecular flexibility index (Phi) is 11.0. The first kappa shape index (κ1) is 41.3. The molecular formula is C54H51IrN3OSi-2. The number of benzene rings is 6. The molecule has 60 heavy (non-hydrogen) atoms. The fraction of sp³-hybridized carbons (Fsp3) is 0.222. The quantitative estimate of drug-likeness (QED) is 0.123. The molecule has 303 valence electrons. The number of hydrogen-bond acceptors (Lipinski definition) is 3. The third kappa shape index (κ3) is 7.09. The molecule has 0 saturated heterocycles. The van der Waals surface area contributed by atoms with Gasteiger partial charge < -0.3 is 14.0 Å². The van der Waals surface area contributed by atoms with E-state index in [0.29, 0.717) is 11.8 Å². The van der Waals surface area contributed by atoms with Crippen molar-refractivity contribution >= 4 is 46.2 Å². The average molecular weight is 978 g/mol. The topological polar surface area (TPSA) is 43.9 Å². The maximum atomic E-state index is 6.81. The molecule has 10 rings (SSSR count). The number of para-hydroxylation sites is 3. The Hall–Kier alpha value is -5.39. The second kappa shape index (κ2) is 15.9. The van der Waals surface area contributed by atoms with Gasteiger partial charge in [-0.15, -0.1) is 54.1 Å². The molecule has 0 N–H and O–H groups in total. The van der Waals surface area contributed by atoms with Gasteiger partial charge in [0.2, 0.25) is 0 Å². The summed E-state index contributed by atoms with van der Waals surface area (Å²) in [4.78, 5) is 9.79. The molecule has 0 bridgehead atoms. The van der Waals surface area contributed by atoms with E-state index in [1.807, 2.05) is 36.5 Å². The van der Waals surface area contributed by atoms with E-state index in [9.17, 15) is 0 Å². The first-order chi connectivity index (χ1) is 28.3. The molecule has 6 heteroatoms. The predicted molar refractivity (Wildman–Crippen MR) is 250 cm³/mol. The number of hydrogen-bond donors (Lipinski definition) is 0. The van der Waals surface area contributed by atoms with Gasteiger partial charge in [0.05, 0.1) is 30.5 Å². The fourth-order valence-electron chi connectivity index (χ4n) is 8.84. The number of pyridine rings is 1. The van der Waals surface area contributed by atoms with Crippen molar-refractivity contribution in [2.75, 3.05) is 0 Å². The van der Waals surface area contributed by atoms with Crippen LogP contribution in [0.15, 0.2) is 138 Å². The summed E-state index contributed by atoms with van der Waals surface area (Å²) in [5, 5.41) is 3.62. The summed E-state index contributed by atoms with van der Waals surface area (Å²) in [6.45, 7) is 20.7. The van der Waals surface area contributed by atoms with Crippen molar-refractivity contribution in [3.05, 3.63) is 168 Å². The first-order valence-electron chi connectivity index (χ1n) is 20.9. The van der Waals surface area contributed by atoms with Crippen LogP contribution in [0.25, 0.3) is 72.4 Å². The number of imidazole rings is 1. The van der Waals surface area contributed by atoms with E-state index >= 15 is 0 Å². The average Bonchev–Trinajstić information content (AvgIpc) is 3.87. The van der Waals surface area contributed by atoms with Crippen LogP contribution in [0, 0.1) is 12.1 Å². The molecule has 9 aromatic rings. The Bertz CT molecular complexity index is 2980. The Morgan fingerprint density at radius 2 is 1.40 bits per heavy atom. The molecule has 0 saturated carbocycles. The van der Waals surface area contributed by atoms with Crippen LogP contribution < -0.4 is 5.19 Å². The Labute approximate surface area is 369 Å². The second-order valence-electron chi connectivity index (χ2n) is 18.1. The fourth-order valence-corrected chi connectivity index (χ4v) is 9.88. The van der Waals surface area contributed by atoms with Crippen LogP contribution in [0.3, 0.4) is 0 Å². The van der Waals surface area contributed by atoms with E-state index in [1.54, 1.807) is 0 Å². The molecule has 3 heterocycles. The molecule has 1 aliphatic rings. The van der Waals surface area contributed by atoms with Gasteiger partial charge >= 0.3 is 0 Å². The van der Waals surface area contributed by atoms with E-state index in [1.165, 1.54) is 44.3 Å². The number of aromatic nitrogens is 3. The second-order valence-corrected chi connectivity index (χ2v) is 23.2. The number of nitrogens with zero attached hydrogens (tertiary/aromatic N) is 3. The van der Waals surface area contributed by atoms with Crippen molar-refractivity contribution < 1.29 is 24.5 Å². The van der Waals surface area contributed by atoms with E-state index in [4.69, 9.17) is 9.40 Å². The smallest absolute Gasteiger partial charge is 0.121 e. The SMILES string of the molecule is CC(C)c1cccc(C(C)C)c1-n1c(-c2[c-]ccc3c2oc2cc4c(cc23)-c2ccccc2C4(C)C)nc2ccccc21.C[Si](C)(C)c1ccc(-c2[c-]cccc2)nc1.[Ir]. The zero-order chi connectivity index (χ0) is 41.2. The third-order valence-corrected chi connectivity index (χ3v) is 14.1. The molecule has 0 unspecified atom stereocenters. The minimum Gasteiger partial charge on any atom is -0.501 e. The van der Waals surface area contributed by atoms with Crippen molar-refractivity contribution in [3.8, 4) is 39.5 Å². The van der Waals surface area contributed by atoms with Crippen molar-refractivity contribution in [2.45, 2.75) is 78.4 Å². The third-order valence-electron chi connectivity index (χ3n) is 12.1. The molecule has 0 atom stereocenters. The number of rotatable bonds is 6. The first-order valence-corrected chi connectivity index (χ1v) is 24.4. The number of fused-ring (bicyclic) bond motifs is 7. The van der Waals surface area contributed by atoms with Crippen LogP contribution >= 0.6 is 0 Å². The van der Waals surface area contributed by atoms with Gasteiger partial charge in [0.1, 0.15) is 5.58 Å². The van der Waals surface area contributed by atoms with Crippen molar-refractivity contribution in [2.24, 2.45) is 0 Å². The van der Waals surface area contributed by atoms with Crippen LogP contribution in [0.5, 0.6) is 0 Å². The van der Waals surface area contributed by atoms with Gasteiger partial charge in [0, 0.05) is 42.8 Å².